The number of nitrogens with zero attached hydrogens (tertiary/aromatic N) is 2. The van der Waals surface area contributed by atoms with Gasteiger partial charge in [0.2, 0.25) is 0 Å². The van der Waals surface area contributed by atoms with Crippen LogP contribution in [0.1, 0.15) is 34.6 Å². The molecule has 2 rings (SSSR count). The maximum Gasteiger partial charge on any atom is 0.326 e. The van der Waals surface area contributed by atoms with Crippen LogP contribution in [0.2, 0.25) is 0 Å². The van der Waals surface area contributed by atoms with Crippen LogP contribution < -0.4 is 5.32 Å². The van der Waals surface area contributed by atoms with Gasteiger partial charge in [-0.05, 0) is 44.9 Å². The average Bonchev–Trinajstić information content (AvgIpc) is 2.93. The van der Waals surface area contributed by atoms with Crippen molar-refractivity contribution in [1.29, 1.82) is 0 Å². The Morgan fingerprint density at radius 2 is 2.00 bits per heavy atom. The molecule has 0 fully saturated rings. The zero-order chi connectivity index (χ0) is 17.7. The summed E-state index contributed by atoms with van der Waals surface area (Å²) in [4.78, 5) is 23.5. The van der Waals surface area contributed by atoms with E-state index in [9.17, 15) is 14.7 Å². The quantitative estimate of drug-likeness (QED) is 0.766. The number of aliphatic carboxylic acids is 1. The first-order valence-corrected chi connectivity index (χ1v) is 7.70. The summed E-state index contributed by atoms with van der Waals surface area (Å²) in [5.41, 5.74) is 2.96. The summed E-state index contributed by atoms with van der Waals surface area (Å²) < 4.78 is 1.66. The Morgan fingerprint density at radius 3 is 2.58 bits per heavy atom. The van der Waals surface area contributed by atoms with Gasteiger partial charge in [-0.25, -0.2) is 9.48 Å². The van der Waals surface area contributed by atoms with Gasteiger partial charge in [0.25, 0.3) is 5.91 Å². The number of carbonyl (C=O) groups excluding carboxylic acids is 1. The maximum atomic E-state index is 12.3. The van der Waals surface area contributed by atoms with Crippen molar-refractivity contribution >= 4 is 11.9 Å². The van der Waals surface area contributed by atoms with Gasteiger partial charge in [0.15, 0.2) is 5.69 Å². The van der Waals surface area contributed by atoms with Crippen molar-refractivity contribution in [3.63, 3.8) is 0 Å². The zero-order valence-corrected chi connectivity index (χ0v) is 13.8. The lowest BCUT2D eigenvalue weighted by molar-refractivity contribution is -0.139. The third kappa shape index (κ3) is 4.10. The molecule has 0 aliphatic heterocycles. The second-order valence-electron chi connectivity index (χ2n) is 5.65. The molecule has 0 radical (unpaired) electrons. The number of carbonyl (C=O) groups is 2. The predicted molar refractivity (Wildman–Crippen MR) is 91.4 cm³/mol. The summed E-state index contributed by atoms with van der Waals surface area (Å²) in [6, 6.07) is 8.45. The highest BCUT2D eigenvalue weighted by atomic mass is 16.4. The normalized spacial score (nSPS) is 11.8. The summed E-state index contributed by atoms with van der Waals surface area (Å²) in [5, 5.41) is 16.0. The van der Waals surface area contributed by atoms with Gasteiger partial charge >= 0.3 is 5.97 Å². The zero-order valence-electron chi connectivity index (χ0n) is 13.8. The Bertz CT molecular complexity index is 747. The van der Waals surface area contributed by atoms with Crippen molar-refractivity contribution in [3.8, 4) is 5.69 Å². The van der Waals surface area contributed by atoms with E-state index in [2.05, 4.69) is 17.0 Å². The van der Waals surface area contributed by atoms with E-state index in [4.69, 9.17) is 0 Å². The van der Waals surface area contributed by atoms with E-state index in [1.165, 1.54) is 0 Å². The number of aryl methyl sites for hydroxylation is 2. The molecule has 1 atom stereocenters. The molecule has 24 heavy (non-hydrogen) atoms. The molecule has 0 saturated heterocycles. The molecule has 6 heteroatoms. The highest BCUT2D eigenvalue weighted by molar-refractivity contribution is 5.95. The predicted octanol–water partition coefficient (Wildman–Crippen LogP) is 2.64. The molecule has 0 aliphatic rings. The molecule has 1 heterocycles. The van der Waals surface area contributed by atoms with E-state index in [0.717, 1.165) is 16.9 Å². The smallest absolute Gasteiger partial charge is 0.326 e. The molecular weight excluding hydrogens is 306 g/mol. The number of allylic oxidation sites excluding steroid dienone is 1. The fourth-order valence-electron chi connectivity index (χ4n) is 2.31. The fourth-order valence-corrected chi connectivity index (χ4v) is 2.31. The van der Waals surface area contributed by atoms with Gasteiger partial charge in [0, 0.05) is 5.69 Å². The van der Waals surface area contributed by atoms with Gasteiger partial charge in [-0.1, -0.05) is 23.8 Å². The van der Waals surface area contributed by atoms with Crippen molar-refractivity contribution < 1.29 is 14.7 Å². The highest BCUT2D eigenvalue weighted by Gasteiger charge is 2.22. The standard InChI is InChI=1S/C18H21N3O3/c1-4-5-6-15(18(23)24)19-17(22)16-11-13(3)21(20-16)14-9-7-12(2)8-10-14/h4,7-11,15H,1,5-6H2,2-3H3,(H,19,22)(H,23,24). The molecule has 2 N–H and O–H groups in total. The minimum atomic E-state index is -1.07. The van der Waals surface area contributed by atoms with E-state index in [-0.39, 0.29) is 5.69 Å². The van der Waals surface area contributed by atoms with Crippen LogP contribution in [0.4, 0.5) is 0 Å². The van der Waals surface area contributed by atoms with E-state index in [1.807, 2.05) is 38.1 Å². The third-order valence-electron chi connectivity index (χ3n) is 3.66. The SMILES string of the molecule is C=CCCC(NC(=O)c1cc(C)n(-c2ccc(C)cc2)n1)C(=O)O. The summed E-state index contributed by atoms with van der Waals surface area (Å²) >= 11 is 0. The monoisotopic (exact) mass is 327 g/mol. The number of carboxylic acid groups (broad SMARTS) is 1. The van der Waals surface area contributed by atoms with E-state index >= 15 is 0 Å². The van der Waals surface area contributed by atoms with Gasteiger partial charge in [0.1, 0.15) is 6.04 Å². The summed E-state index contributed by atoms with van der Waals surface area (Å²) in [7, 11) is 0. The maximum absolute atomic E-state index is 12.3. The summed E-state index contributed by atoms with van der Waals surface area (Å²) in [6.07, 6.45) is 2.43. The van der Waals surface area contributed by atoms with Crippen LogP contribution >= 0.6 is 0 Å². The molecule has 2 aromatic rings. The van der Waals surface area contributed by atoms with Crippen LogP contribution in [0.15, 0.2) is 43.0 Å². The van der Waals surface area contributed by atoms with Gasteiger partial charge < -0.3 is 10.4 Å². The molecule has 0 spiro atoms. The number of hydrogen-bond donors (Lipinski definition) is 2. The first kappa shape index (κ1) is 17.5. The van der Waals surface area contributed by atoms with Crippen molar-refractivity contribution in [2.45, 2.75) is 32.7 Å². The fraction of sp³-hybridized carbons (Fsp3) is 0.278. The number of nitrogens with one attached hydrogen (secondary N) is 1. The Balaban J connectivity index is 2.18. The highest BCUT2D eigenvalue weighted by Crippen LogP contribution is 2.13. The minimum Gasteiger partial charge on any atom is -0.480 e. The van der Waals surface area contributed by atoms with Crippen molar-refractivity contribution in [2.24, 2.45) is 0 Å². The molecular formula is C18H21N3O3. The summed E-state index contributed by atoms with van der Waals surface area (Å²) in [5.74, 6) is -1.57. The van der Waals surface area contributed by atoms with Crippen LogP contribution in [0.5, 0.6) is 0 Å². The van der Waals surface area contributed by atoms with Crippen LogP contribution in [0.3, 0.4) is 0 Å². The van der Waals surface area contributed by atoms with Crippen LogP contribution in [0.25, 0.3) is 5.69 Å². The second kappa shape index (κ2) is 7.59. The van der Waals surface area contributed by atoms with E-state index in [1.54, 1.807) is 16.8 Å². The summed E-state index contributed by atoms with van der Waals surface area (Å²) in [6.45, 7) is 7.40. The first-order valence-electron chi connectivity index (χ1n) is 7.70. The third-order valence-corrected chi connectivity index (χ3v) is 3.66. The van der Waals surface area contributed by atoms with E-state index in [0.29, 0.717) is 12.8 Å². The van der Waals surface area contributed by atoms with Crippen molar-refractivity contribution in [2.75, 3.05) is 0 Å². The molecule has 1 amide bonds. The van der Waals surface area contributed by atoms with Crippen molar-refractivity contribution in [3.05, 3.63) is 59.9 Å². The number of rotatable bonds is 7. The number of amides is 1. The Hall–Kier alpha value is -2.89. The lowest BCUT2D eigenvalue weighted by Crippen LogP contribution is -2.40. The van der Waals surface area contributed by atoms with Gasteiger partial charge in [-0.3, -0.25) is 4.79 Å². The lowest BCUT2D eigenvalue weighted by Gasteiger charge is -2.12. The largest absolute Gasteiger partial charge is 0.480 e. The van der Waals surface area contributed by atoms with Crippen molar-refractivity contribution in [1.82, 2.24) is 15.1 Å². The molecule has 6 nitrogen and oxygen atoms in total. The van der Waals surface area contributed by atoms with E-state index < -0.39 is 17.9 Å². The molecule has 1 aromatic heterocycles. The molecule has 126 valence electrons. The Labute approximate surface area is 140 Å². The molecule has 1 aromatic carbocycles. The van der Waals surface area contributed by atoms with Crippen LogP contribution in [-0.4, -0.2) is 32.8 Å². The second-order valence-corrected chi connectivity index (χ2v) is 5.65. The van der Waals surface area contributed by atoms with Gasteiger partial charge in [0.05, 0.1) is 5.69 Å². The number of aromatic nitrogens is 2. The Morgan fingerprint density at radius 1 is 1.33 bits per heavy atom. The first-order chi connectivity index (χ1) is 11.4. The van der Waals surface area contributed by atoms with Gasteiger partial charge in [-0.15, -0.1) is 6.58 Å². The van der Waals surface area contributed by atoms with Crippen LogP contribution in [0, 0.1) is 13.8 Å². The molecule has 0 aliphatic carbocycles. The van der Waals surface area contributed by atoms with Crippen LogP contribution in [-0.2, 0) is 4.79 Å². The number of benzene rings is 1. The number of carboxylic acids is 1. The lowest BCUT2D eigenvalue weighted by atomic mass is 10.1. The molecule has 0 bridgehead atoms. The number of hydrogen-bond acceptors (Lipinski definition) is 3. The minimum absolute atomic E-state index is 0.193. The average molecular weight is 327 g/mol. The Kier molecular flexibility index (Phi) is 5.52. The molecule has 1 unspecified atom stereocenters. The topological polar surface area (TPSA) is 84.2 Å². The molecule has 0 saturated carbocycles. The van der Waals surface area contributed by atoms with Gasteiger partial charge in [-0.2, -0.15) is 5.10 Å².